The lowest BCUT2D eigenvalue weighted by molar-refractivity contribution is 0.0953. The van der Waals surface area contributed by atoms with E-state index >= 15 is 0 Å². The summed E-state index contributed by atoms with van der Waals surface area (Å²) in [6.07, 6.45) is 7.16. The highest BCUT2D eigenvalue weighted by Gasteiger charge is 2.27. The molecule has 4 rings (SSSR count). The smallest absolute Gasteiger partial charge is 0.251 e. The second kappa shape index (κ2) is 9.67. The lowest BCUT2D eigenvalue weighted by Crippen LogP contribution is -2.35. The Morgan fingerprint density at radius 3 is 2.56 bits per heavy atom. The van der Waals surface area contributed by atoms with Crippen molar-refractivity contribution in [1.29, 1.82) is 0 Å². The molecule has 2 aromatic carbocycles. The number of hydrogen-bond donors (Lipinski definition) is 1. The molecule has 1 aliphatic heterocycles. The summed E-state index contributed by atoms with van der Waals surface area (Å²) in [5.74, 6) is -0.270. The Hall–Kier alpha value is -2.97. The molecule has 0 radical (unpaired) electrons. The minimum atomic E-state index is -3.58. The lowest BCUT2D eigenvalue weighted by Gasteiger charge is -2.26. The molecule has 1 N–H and O–H groups in total. The fourth-order valence-corrected chi connectivity index (χ4v) is 5.43. The van der Waals surface area contributed by atoms with Crippen LogP contribution in [0.5, 0.6) is 0 Å². The zero-order valence-electron chi connectivity index (χ0n) is 18.2. The van der Waals surface area contributed by atoms with E-state index in [1.165, 1.54) is 10.4 Å². The maximum absolute atomic E-state index is 13.0. The van der Waals surface area contributed by atoms with E-state index in [0.717, 1.165) is 36.1 Å². The van der Waals surface area contributed by atoms with Gasteiger partial charge in [-0.25, -0.2) is 13.1 Å². The van der Waals surface area contributed by atoms with Crippen molar-refractivity contribution in [2.45, 2.75) is 37.5 Å². The largest absolute Gasteiger partial charge is 0.352 e. The van der Waals surface area contributed by atoms with E-state index in [4.69, 9.17) is 0 Å². The van der Waals surface area contributed by atoms with Crippen molar-refractivity contribution in [2.24, 2.45) is 0 Å². The number of piperidine rings is 1. The fourth-order valence-electron chi connectivity index (χ4n) is 3.89. The van der Waals surface area contributed by atoms with E-state index in [1.54, 1.807) is 23.0 Å². The molecule has 2 heterocycles. The van der Waals surface area contributed by atoms with Crippen LogP contribution < -0.4 is 5.32 Å². The van der Waals surface area contributed by atoms with Gasteiger partial charge in [0, 0.05) is 31.4 Å². The Bertz CT molecular complexity index is 1180. The van der Waals surface area contributed by atoms with Crippen LogP contribution in [0.25, 0.3) is 5.69 Å². The normalized spacial score (nSPS) is 14.9. The number of carbonyl (C=O) groups excluding carboxylic acids is 1. The summed E-state index contributed by atoms with van der Waals surface area (Å²) in [4.78, 5) is 13.0. The number of aryl methyl sites for hydroxylation is 1. The quantitative estimate of drug-likeness (QED) is 0.596. The summed E-state index contributed by atoms with van der Waals surface area (Å²) in [6.45, 7) is 3.32. The molecule has 0 bridgehead atoms. The molecule has 0 atom stereocenters. The molecule has 1 fully saturated rings. The van der Waals surface area contributed by atoms with Crippen LogP contribution in [0.4, 0.5) is 0 Å². The van der Waals surface area contributed by atoms with Gasteiger partial charge in [-0.15, -0.1) is 0 Å². The first kappa shape index (κ1) is 22.2. The summed E-state index contributed by atoms with van der Waals surface area (Å²) in [5.41, 5.74) is 3.12. The summed E-state index contributed by atoms with van der Waals surface area (Å²) in [7, 11) is -3.58. The maximum atomic E-state index is 13.0. The first-order valence-corrected chi connectivity index (χ1v) is 12.4. The number of sulfonamides is 1. The van der Waals surface area contributed by atoms with Gasteiger partial charge < -0.3 is 5.32 Å². The van der Waals surface area contributed by atoms with Gasteiger partial charge in [0.25, 0.3) is 5.91 Å². The number of hydrogen-bond acceptors (Lipinski definition) is 4. The SMILES string of the molecule is Cc1ccc(S(=O)(=O)N2CCCCC2)cc1C(=O)NCCc1cnn(-c2ccccc2)c1. The number of carbonyl (C=O) groups is 1. The third kappa shape index (κ3) is 4.92. The molecule has 3 aromatic rings. The first-order valence-electron chi connectivity index (χ1n) is 10.9. The Balaban J connectivity index is 1.40. The molecule has 168 valence electrons. The van der Waals surface area contributed by atoms with Gasteiger partial charge in [-0.05, 0) is 61.6 Å². The van der Waals surface area contributed by atoms with E-state index in [2.05, 4.69) is 10.4 Å². The topological polar surface area (TPSA) is 84.3 Å². The van der Waals surface area contributed by atoms with E-state index in [-0.39, 0.29) is 10.8 Å². The van der Waals surface area contributed by atoms with Crippen LogP contribution in [0, 0.1) is 6.92 Å². The highest BCUT2D eigenvalue weighted by atomic mass is 32.2. The van der Waals surface area contributed by atoms with E-state index in [1.807, 2.05) is 43.5 Å². The first-order chi connectivity index (χ1) is 15.4. The Labute approximate surface area is 189 Å². The van der Waals surface area contributed by atoms with Crippen molar-refractivity contribution < 1.29 is 13.2 Å². The molecule has 1 aliphatic rings. The molecule has 1 saturated heterocycles. The van der Waals surface area contributed by atoms with Crippen molar-refractivity contribution in [3.05, 3.63) is 77.6 Å². The highest BCUT2D eigenvalue weighted by molar-refractivity contribution is 7.89. The number of nitrogens with one attached hydrogen (secondary N) is 1. The molecule has 8 heteroatoms. The summed E-state index contributed by atoms with van der Waals surface area (Å²) in [6, 6.07) is 14.6. The fraction of sp³-hybridized carbons (Fsp3) is 0.333. The molecule has 1 aromatic heterocycles. The minimum absolute atomic E-state index is 0.180. The van der Waals surface area contributed by atoms with Gasteiger partial charge in [-0.3, -0.25) is 4.79 Å². The Morgan fingerprint density at radius 2 is 1.81 bits per heavy atom. The van der Waals surface area contributed by atoms with E-state index in [0.29, 0.717) is 31.6 Å². The van der Waals surface area contributed by atoms with E-state index in [9.17, 15) is 13.2 Å². The molecular weight excluding hydrogens is 424 g/mol. The molecule has 0 saturated carbocycles. The molecule has 7 nitrogen and oxygen atoms in total. The van der Waals surface area contributed by atoms with Gasteiger partial charge in [0.05, 0.1) is 16.8 Å². The number of para-hydroxylation sites is 1. The number of benzene rings is 2. The van der Waals surface area contributed by atoms with Gasteiger partial charge in [0.15, 0.2) is 0 Å². The summed E-state index contributed by atoms with van der Waals surface area (Å²) < 4.78 is 29.3. The number of aromatic nitrogens is 2. The van der Waals surface area contributed by atoms with Crippen molar-refractivity contribution >= 4 is 15.9 Å². The molecular formula is C24H28N4O3S. The van der Waals surface area contributed by atoms with Crippen molar-refractivity contribution in [3.8, 4) is 5.69 Å². The summed E-state index contributed by atoms with van der Waals surface area (Å²) >= 11 is 0. The molecule has 0 aliphatic carbocycles. The Kier molecular flexibility index (Phi) is 6.72. The van der Waals surface area contributed by atoms with Gasteiger partial charge in [-0.2, -0.15) is 9.40 Å². The van der Waals surface area contributed by atoms with Gasteiger partial charge >= 0.3 is 0 Å². The van der Waals surface area contributed by atoms with Gasteiger partial charge in [0.2, 0.25) is 10.0 Å². The Morgan fingerprint density at radius 1 is 1.06 bits per heavy atom. The molecule has 0 unspecified atom stereocenters. The number of amides is 1. The summed E-state index contributed by atoms with van der Waals surface area (Å²) in [5, 5.41) is 7.28. The van der Waals surface area contributed by atoms with Crippen molar-refractivity contribution in [3.63, 3.8) is 0 Å². The van der Waals surface area contributed by atoms with Crippen LogP contribution in [-0.2, 0) is 16.4 Å². The van der Waals surface area contributed by atoms with Crippen molar-refractivity contribution in [2.75, 3.05) is 19.6 Å². The van der Waals surface area contributed by atoms with Gasteiger partial charge in [0.1, 0.15) is 0 Å². The minimum Gasteiger partial charge on any atom is -0.352 e. The predicted octanol–water partition coefficient (Wildman–Crippen LogP) is 3.33. The number of rotatable bonds is 7. The average Bonchev–Trinajstić information content (AvgIpc) is 3.29. The van der Waals surface area contributed by atoms with E-state index < -0.39 is 10.0 Å². The van der Waals surface area contributed by atoms with Crippen LogP contribution in [0.3, 0.4) is 0 Å². The van der Waals surface area contributed by atoms with Crippen molar-refractivity contribution in [1.82, 2.24) is 19.4 Å². The van der Waals surface area contributed by atoms with Crippen LogP contribution in [0.1, 0.15) is 40.7 Å². The van der Waals surface area contributed by atoms with Crippen LogP contribution in [-0.4, -0.2) is 48.0 Å². The highest BCUT2D eigenvalue weighted by Crippen LogP contribution is 2.23. The number of nitrogens with zero attached hydrogens (tertiary/aromatic N) is 3. The van der Waals surface area contributed by atoms with Crippen LogP contribution >= 0.6 is 0 Å². The molecule has 1 amide bonds. The van der Waals surface area contributed by atoms with Crippen LogP contribution in [0.2, 0.25) is 0 Å². The van der Waals surface area contributed by atoms with Gasteiger partial charge in [-0.1, -0.05) is 30.7 Å². The zero-order chi connectivity index (χ0) is 22.6. The second-order valence-corrected chi connectivity index (χ2v) is 10.0. The monoisotopic (exact) mass is 452 g/mol. The zero-order valence-corrected chi connectivity index (χ0v) is 19.0. The maximum Gasteiger partial charge on any atom is 0.251 e. The third-order valence-corrected chi connectivity index (χ3v) is 7.66. The molecule has 0 spiro atoms. The standard InChI is InChI=1S/C24H28N4O3S/c1-19-10-11-22(32(30,31)27-14-6-3-7-15-27)16-23(19)24(29)25-13-12-20-17-26-28(18-20)21-8-4-2-5-9-21/h2,4-5,8-11,16-18H,3,6-7,12-15H2,1H3,(H,25,29). The average molecular weight is 453 g/mol. The second-order valence-electron chi connectivity index (χ2n) is 8.08. The predicted molar refractivity (Wildman–Crippen MR) is 123 cm³/mol. The third-order valence-electron chi connectivity index (χ3n) is 5.76. The van der Waals surface area contributed by atoms with Crippen LogP contribution in [0.15, 0.2) is 65.8 Å². The molecule has 32 heavy (non-hydrogen) atoms. The lowest BCUT2D eigenvalue weighted by atomic mass is 10.1.